The summed E-state index contributed by atoms with van der Waals surface area (Å²) < 4.78 is 0. The third-order valence-corrected chi connectivity index (χ3v) is 3.14. The van der Waals surface area contributed by atoms with E-state index >= 15 is 0 Å². The maximum Gasteiger partial charge on any atom is 0.0660 e. The second-order valence-electron chi connectivity index (χ2n) is 4.58. The molecule has 0 spiro atoms. The Balaban J connectivity index is 2.16. The van der Waals surface area contributed by atoms with E-state index in [4.69, 9.17) is 0 Å². The molecule has 1 aromatic carbocycles. The molecule has 0 radical (unpaired) electrons. The summed E-state index contributed by atoms with van der Waals surface area (Å²) in [6.07, 6.45) is 8.77. The molecule has 3 rings (SSSR count). The van der Waals surface area contributed by atoms with Gasteiger partial charge in [-0.2, -0.15) is 0 Å². The summed E-state index contributed by atoms with van der Waals surface area (Å²) in [6.45, 7) is 4.34. The SMILES string of the molecule is CC1C=Cc2ccc3c(c2N1)NC(C)C=C3. The molecule has 0 saturated heterocycles. The maximum atomic E-state index is 3.53. The van der Waals surface area contributed by atoms with Crippen LogP contribution >= 0.6 is 0 Å². The van der Waals surface area contributed by atoms with Gasteiger partial charge in [0.25, 0.3) is 0 Å². The monoisotopic (exact) mass is 212 g/mol. The van der Waals surface area contributed by atoms with Crippen LogP contribution in [-0.2, 0) is 0 Å². The van der Waals surface area contributed by atoms with E-state index in [0.29, 0.717) is 12.1 Å². The van der Waals surface area contributed by atoms with E-state index in [1.165, 1.54) is 22.5 Å². The Morgan fingerprint density at radius 1 is 0.812 bits per heavy atom. The Hall–Kier alpha value is -1.70. The predicted octanol–water partition coefficient (Wildman–Crippen LogP) is 3.34. The minimum atomic E-state index is 0.405. The molecule has 2 unspecified atom stereocenters. The van der Waals surface area contributed by atoms with Gasteiger partial charge < -0.3 is 10.6 Å². The van der Waals surface area contributed by atoms with Gasteiger partial charge in [0.05, 0.1) is 11.4 Å². The summed E-state index contributed by atoms with van der Waals surface area (Å²) in [5.74, 6) is 0. The lowest BCUT2D eigenvalue weighted by atomic mass is 9.98. The van der Waals surface area contributed by atoms with E-state index in [0.717, 1.165) is 0 Å². The predicted molar refractivity (Wildman–Crippen MR) is 70.7 cm³/mol. The summed E-state index contributed by atoms with van der Waals surface area (Å²) in [6, 6.07) is 5.15. The average molecular weight is 212 g/mol. The zero-order chi connectivity index (χ0) is 11.1. The molecule has 1 aromatic rings. The highest BCUT2D eigenvalue weighted by atomic mass is 15.0. The Morgan fingerprint density at radius 2 is 1.25 bits per heavy atom. The van der Waals surface area contributed by atoms with Crippen molar-refractivity contribution in [2.45, 2.75) is 25.9 Å². The standard InChI is InChI=1S/C14H16N2/c1-9-3-5-11-7-8-12-6-4-10(2)16-14(12)13(11)15-9/h3-10,15-16H,1-2H3. The number of hydrogen-bond acceptors (Lipinski definition) is 2. The fourth-order valence-corrected chi connectivity index (χ4v) is 2.27. The highest BCUT2D eigenvalue weighted by Gasteiger charge is 2.18. The first-order valence-corrected chi connectivity index (χ1v) is 5.80. The quantitative estimate of drug-likeness (QED) is 0.689. The Kier molecular flexibility index (Phi) is 2.03. The maximum absolute atomic E-state index is 3.53. The zero-order valence-electron chi connectivity index (χ0n) is 9.62. The lowest BCUT2D eigenvalue weighted by Gasteiger charge is -2.27. The summed E-state index contributed by atoms with van der Waals surface area (Å²) >= 11 is 0. The first kappa shape index (κ1) is 9.52. The van der Waals surface area contributed by atoms with Gasteiger partial charge in [0.15, 0.2) is 0 Å². The van der Waals surface area contributed by atoms with Crippen molar-refractivity contribution in [3.8, 4) is 0 Å². The first-order chi connectivity index (χ1) is 7.74. The minimum Gasteiger partial charge on any atom is -0.377 e. The molecule has 2 aliphatic rings. The van der Waals surface area contributed by atoms with Gasteiger partial charge in [-0.25, -0.2) is 0 Å². The Labute approximate surface area is 96.1 Å². The van der Waals surface area contributed by atoms with Gasteiger partial charge in [0, 0.05) is 12.1 Å². The number of anilines is 2. The van der Waals surface area contributed by atoms with E-state index in [-0.39, 0.29) is 0 Å². The van der Waals surface area contributed by atoms with Crippen molar-refractivity contribution < 1.29 is 0 Å². The fourth-order valence-electron chi connectivity index (χ4n) is 2.27. The summed E-state index contributed by atoms with van der Waals surface area (Å²) in [5, 5.41) is 7.05. The van der Waals surface area contributed by atoms with Crippen molar-refractivity contribution in [1.82, 2.24) is 0 Å². The van der Waals surface area contributed by atoms with E-state index in [1.807, 2.05) is 0 Å². The second kappa shape index (κ2) is 3.41. The van der Waals surface area contributed by atoms with Crippen molar-refractivity contribution in [2.24, 2.45) is 0 Å². The second-order valence-corrected chi connectivity index (χ2v) is 4.58. The summed E-state index contributed by atoms with van der Waals surface area (Å²) in [5.41, 5.74) is 5.02. The number of fused-ring (bicyclic) bond motifs is 3. The molecule has 2 N–H and O–H groups in total. The van der Waals surface area contributed by atoms with Crippen LogP contribution in [0, 0.1) is 0 Å². The molecular weight excluding hydrogens is 196 g/mol. The zero-order valence-corrected chi connectivity index (χ0v) is 9.62. The minimum absolute atomic E-state index is 0.405. The molecule has 2 heterocycles. The smallest absolute Gasteiger partial charge is 0.0660 e. The largest absolute Gasteiger partial charge is 0.377 e. The molecule has 2 nitrogen and oxygen atoms in total. The van der Waals surface area contributed by atoms with Crippen LogP contribution in [0.15, 0.2) is 24.3 Å². The third kappa shape index (κ3) is 1.42. The van der Waals surface area contributed by atoms with Gasteiger partial charge in [0.2, 0.25) is 0 Å². The number of benzene rings is 1. The van der Waals surface area contributed by atoms with E-state index in [1.54, 1.807) is 0 Å². The summed E-state index contributed by atoms with van der Waals surface area (Å²) in [7, 11) is 0. The number of hydrogen-bond donors (Lipinski definition) is 2. The highest BCUT2D eigenvalue weighted by Crippen LogP contribution is 2.37. The topological polar surface area (TPSA) is 24.1 Å². The molecule has 0 aromatic heterocycles. The van der Waals surface area contributed by atoms with Crippen LogP contribution in [0.3, 0.4) is 0 Å². The van der Waals surface area contributed by atoms with E-state index < -0.39 is 0 Å². The van der Waals surface area contributed by atoms with E-state index in [2.05, 4.69) is 60.9 Å². The molecular formula is C14H16N2. The van der Waals surface area contributed by atoms with E-state index in [9.17, 15) is 0 Å². The molecule has 0 fully saturated rings. The molecule has 16 heavy (non-hydrogen) atoms. The Morgan fingerprint density at radius 3 is 1.69 bits per heavy atom. The van der Waals surface area contributed by atoms with Crippen molar-refractivity contribution in [3.05, 3.63) is 35.4 Å². The van der Waals surface area contributed by atoms with Gasteiger partial charge in [-0.15, -0.1) is 0 Å². The van der Waals surface area contributed by atoms with Crippen LogP contribution in [-0.4, -0.2) is 12.1 Å². The molecule has 2 aliphatic heterocycles. The molecule has 0 aliphatic carbocycles. The Bertz CT molecular complexity index is 441. The summed E-state index contributed by atoms with van der Waals surface area (Å²) in [4.78, 5) is 0. The van der Waals surface area contributed by atoms with Crippen molar-refractivity contribution >= 4 is 23.5 Å². The lowest BCUT2D eigenvalue weighted by molar-refractivity contribution is 0.968. The molecule has 82 valence electrons. The molecule has 2 atom stereocenters. The third-order valence-electron chi connectivity index (χ3n) is 3.14. The lowest BCUT2D eigenvalue weighted by Crippen LogP contribution is -2.22. The molecule has 2 heteroatoms. The average Bonchev–Trinajstić information content (AvgIpc) is 2.29. The van der Waals surface area contributed by atoms with Crippen LogP contribution in [0.4, 0.5) is 11.4 Å². The number of rotatable bonds is 0. The fraction of sp³-hybridized carbons (Fsp3) is 0.286. The molecule has 0 saturated carbocycles. The van der Waals surface area contributed by atoms with Gasteiger partial charge in [-0.1, -0.05) is 36.4 Å². The highest BCUT2D eigenvalue weighted by molar-refractivity contribution is 5.89. The molecule has 0 bridgehead atoms. The van der Waals surface area contributed by atoms with Crippen LogP contribution in [0.1, 0.15) is 25.0 Å². The van der Waals surface area contributed by atoms with Crippen LogP contribution in [0.2, 0.25) is 0 Å². The van der Waals surface area contributed by atoms with Crippen molar-refractivity contribution in [1.29, 1.82) is 0 Å². The molecule has 0 amide bonds. The van der Waals surface area contributed by atoms with Crippen LogP contribution < -0.4 is 10.6 Å². The van der Waals surface area contributed by atoms with Gasteiger partial charge >= 0.3 is 0 Å². The van der Waals surface area contributed by atoms with Crippen LogP contribution in [0.5, 0.6) is 0 Å². The van der Waals surface area contributed by atoms with Crippen molar-refractivity contribution in [2.75, 3.05) is 10.6 Å². The van der Waals surface area contributed by atoms with Gasteiger partial charge in [-0.05, 0) is 25.0 Å². The first-order valence-electron chi connectivity index (χ1n) is 5.80. The number of nitrogens with one attached hydrogen (secondary N) is 2. The van der Waals surface area contributed by atoms with Gasteiger partial charge in [0.1, 0.15) is 0 Å². The van der Waals surface area contributed by atoms with Crippen LogP contribution in [0.25, 0.3) is 12.2 Å². The normalized spacial score (nSPS) is 25.4. The van der Waals surface area contributed by atoms with Crippen molar-refractivity contribution in [3.63, 3.8) is 0 Å². The van der Waals surface area contributed by atoms with Gasteiger partial charge in [-0.3, -0.25) is 0 Å².